The molecule has 0 radical (unpaired) electrons. The van der Waals surface area contributed by atoms with Gasteiger partial charge in [-0.05, 0) is 13.0 Å². The van der Waals surface area contributed by atoms with Crippen LogP contribution in [0.5, 0.6) is 0 Å². The molecular weight excluding hydrogens is 230 g/mol. The van der Waals surface area contributed by atoms with Gasteiger partial charge in [0.25, 0.3) is 0 Å². The van der Waals surface area contributed by atoms with Gasteiger partial charge in [0.1, 0.15) is 0 Å². The molecule has 0 atom stereocenters. The molecule has 0 unspecified atom stereocenters. The standard InChI is InChI=1S/C13H15N3O2/c1-3-18-13(17)15-14-8-10-9-16(2)12-7-5-4-6-11(10)12/h4-9H,3H2,1-2H3,(H,15,17). The molecule has 0 aliphatic carbocycles. The zero-order valence-electron chi connectivity index (χ0n) is 10.4. The summed E-state index contributed by atoms with van der Waals surface area (Å²) in [5, 5.41) is 4.95. The minimum Gasteiger partial charge on any atom is -0.449 e. The first-order valence-electron chi connectivity index (χ1n) is 5.72. The number of rotatable bonds is 3. The molecule has 5 nitrogen and oxygen atoms in total. The summed E-state index contributed by atoms with van der Waals surface area (Å²) in [6.45, 7) is 2.07. The Bertz CT molecular complexity index is 587. The second-order valence-electron chi connectivity index (χ2n) is 3.80. The Morgan fingerprint density at radius 1 is 1.50 bits per heavy atom. The van der Waals surface area contributed by atoms with Gasteiger partial charge in [0.05, 0.1) is 12.8 Å². The quantitative estimate of drug-likeness (QED) is 0.666. The van der Waals surface area contributed by atoms with Gasteiger partial charge < -0.3 is 9.30 Å². The van der Waals surface area contributed by atoms with Crippen LogP contribution in [-0.4, -0.2) is 23.5 Å². The Kier molecular flexibility index (Phi) is 3.62. The molecular formula is C13H15N3O2. The third kappa shape index (κ3) is 2.51. The van der Waals surface area contributed by atoms with Crippen LogP contribution < -0.4 is 5.43 Å². The molecule has 1 aromatic carbocycles. The number of hydrogen-bond acceptors (Lipinski definition) is 3. The maximum atomic E-state index is 11.0. The molecule has 94 valence electrons. The van der Waals surface area contributed by atoms with Crippen LogP contribution in [0.2, 0.25) is 0 Å². The van der Waals surface area contributed by atoms with Crippen molar-refractivity contribution in [2.75, 3.05) is 6.61 Å². The van der Waals surface area contributed by atoms with E-state index in [2.05, 4.69) is 10.5 Å². The van der Waals surface area contributed by atoms with Gasteiger partial charge >= 0.3 is 6.09 Å². The molecule has 2 rings (SSSR count). The molecule has 1 aromatic heterocycles. The van der Waals surface area contributed by atoms with Gasteiger partial charge in [-0.25, -0.2) is 10.2 Å². The van der Waals surface area contributed by atoms with Gasteiger partial charge in [-0.15, -0.1) is 0 Å². The number of nitrogens with one attached hydrogen (secondary N) is 1. The number of para-hydroxylation sites is 1. The number of aromatic nitrogens is 1. The van der Waals surface area contributed by atoms with E-state index in [0.717, 1.165) is 16.5 Å². The normalized spacial score (nSPS) is 11.0. The molecule has 5 heteroatoms. The number of hydrogen-bond donors (Lipinski definition) is 1. The molecule has 0 fully saturated rings. The zero-order chi connectivity index (χ0) is 13.0. The summed E-state index contributed by atoms with van der Waals surface area (Å²) >= 11 is 0. The first kappa shape index (κ1) is 12.2. The summed E-state index contributed by atoms with van der Waals surface area (Å²) in [5.74, 6) is 0. The maximum Gasteiger partial charge on any atom is 0.427 e. The van der Waals surface area contributed by atoms with E-state index in [0.29, 0.717) is 6.61 Å². The minimum atomic E-state index is -0.547. The monoisotopic (exact) mass is 245 g/mol. The topological polar surface area (TPSA) is 55.6 Å². The van der Waals surface area contributed by atoms with Crippen LogP contribution in [0.3, 0.4) is 0 Å². The summed E-state index contributed by atoms with van der Waals surface area (Å²) in [5.41, 5.74) is 4.37. The van der Waals surface area contributed by atoms with Crippen molar-refractivity contribution in [2.24, 2.45) is 12.1 Å². The summed E-state index contributed by atoms with van der Waals surface area (Å²) in [6.07, 6.45) is 3.02. The molecule has 0 saturated carbocycles. The van der Waals surface area contributed by atoms with E-state index in [-0.39, 0.29) is 0 Å². The first-order chi connectivity index (χ1) is 8.72. The number of amides is 1. The van der Waals surface area contributed by atoms with Crippen LogP contribution >= 0.6 is 0 Å². The van der Waals surface area contributed by atoms with E-state index < -0.39 is 6.09 Å². The predicted octanol–water partition coefficient (Wildman–Crippen LogP) is 2.26. The average molecular weight is 245 g/mol. The van der Waals surface area contributed by atoms with Crippen LogP contribution in [0.25, 0.3) is 10.9 Å². The molecule has 18 heavy (non-hydrogen) atoms. The van der Waals surface area contributed by atoms with Crippen LogP contribution in [0.15, 0.2) is 35.6 Å². The average Bonchev–Trinajstić information content (AvgIpc) is 2.68. The highest BCUT2D eigenvalue weighted by atomic mass is 16.5. The summed E-state index contributed by atoms with van der Waals surface area (Å²) in [6, 6.07) is 8.01. The molecule has 2 aromatic rings. The van der Waals surface area contributed by atoms with Gasteiger partial charge in [0.15, 0.2) is 0 Å². The number of ether oxygens (including phenoxy) is 1. The highest BCUT2D eigenvalue weighted by molar-refractivity contribution is 5.99. The van der Waals surface area contributed by atoms with Crippen LogP contribution in [-0.2, 0) is 11.8 Å². The molecule has 1 amide bonds. The molecule has 0 aliphatic heterocycles. The third-order valence-corrected chi connectivity index (χ3v) is 2.56. The second kappa shape index (κ2) is 5.35. The Hall–Kier alpha value is -2.30. The summed E-state index contributed by atoms with van der Waals surface area (Å²) < 4.78 is 6.72. The van der Waals surface area contributed by atoms with Crippen molar-refractivity contribution in [3.8, 4) is 0 Å². The SMILES string of the molecule is CCOC(=O)NN=Cc1cn(C)c2ccccc12. The van der Waals surface area contributed by atoms with Gasteiger partial charge in [-0.2, -0.15) is 5.10 Å². The fourth-order valence-corrected chi connectivity index (χ4v) is 1.79. The Balaban J connectivity index is 2.17. The first-order valence-corrected chi connectivity index (χ1v) is 5.72. The highest BCUT2D eigenvalue weighted by Crippen LogP contribution is 2.18. The number of nitrogens with zero attached hydrogens (tertiary/aromatic N) is 2. The van der Waals surface area contributed by atoms with Crippen LogP contribution in [0, 0.1) is 0 Å². The van der Waals surface area contributed by atoms with E-state index in [1.54, 1.807) is 13.1 Å². The molecule has 0 aliphatic rings. The summed E-state index contributed by atoms with van der Waals surface area (Å²) in [4.78, 5) is 11.0. The van der Waals surface area contributed by atoms with E-state index in [1.165, 1.54) is 0 Å². The van der Waals surface area contributed by atoms with Crippen molar-refractivity contribution in [1.29, 1.82) is 0 Å². The Morgan fingerprint density at radius 3 is 3.06 bits per heavy atom. The minimum absolute atomic E-state index is 0.329. The van der Waals surface area contributed by atoms with Crippen molar-refractivity contribution in [3.63, 3.8) is 0 Å². The number of benzene rings is 1. The Morgan fingerprint density at radius 2 is 2.28 bits per heavy atom. The van der Waals surface area contributed by atoms with Gasteiger partial charge in [-0.3, -0.25) is 0 Å². The second-order valence-corrected chi connectivity index (χ2v) is 3.80. The Labute approximate surface area is 105 Å². The van der Waals surface area contributed by atoms with Crippen molar-refractivity contribution in [1.82, 2.24) is 9.99 Å². The smallest absolute Gasteiger partial charge is 0.427 e. The van der Waals surface area contributed by atoms with Gasteiger partial charge in [0, 0.05) is 29.7 Å². The lowest BCUT2D eigenvalue weighted by Crippen LogP contribution is -2.18. The van der Waals surface area contributed by atoms with Crippen molar-refractivity contribution in [2.45, 2.75) is 6.92 Å². The molecule has 1 N–H and O–H groups in total. The molecule has 0 bridgehead atoms. The van der Waals surface area contributed by atoms with Gasteiger partial charge in [-0.1, -0.05) is 18.2 Å². The maximum absolute atomic E-state index is 11.0. The van der Waals surface area contributed by atoms with Crippen molar-refractivity contribution in [3.05, 3.63) is 36.0 Å². The van der Waals surface area contributed by atoms with E-state index in [1.807, 2.05) is 42.1 Å². The lowest BCUT2D eigenvalue weighted by atomic mass is 10.2. The van der Waals surface area contributed by atoms with Crippen molar-refractivity contribution < 1.29 is 9.53 Å². The van der Waals surface area contributed by atoms with E-state index in [4.69, 9.17) is 4.74 Å². The zero-order valence-corrected chi connectivity index (χ0v) is 10.4. The molecule has 1 heterocycles. The van der Waals surface area contributed by atoms with Gasteiger partial charge in [0.2, 0.25) is 0 Å². The highest BCUT2D eigenvalue weighted by Gasteiger charge is 2.03. The van der Waals surface area contributed by atoms with E-state index in [9.17, 15) is 4.79 Å². The largest absolute Gasteiger partial charge is 0.449 e. The van der Waals surface area contributed by atoms with Crippen LogP contribution in [0.4, 0.5) is 4.79 Å². The van der Waals surface area contributed by atoms with E-state index >= 15 is 0 Å². The number of carbonyl (C=O) groups excluding carboxylic acids is 1. The van der Waals surface area contributed by atoms with Crippen LogP contribution in [0.1, 0.15) is 12.5 Å². The number of hydrazone groups is 1. The molecule has 0 saturated heterocycles. The van der Waals surface area contributed by atoms with Crippen molar-refractivity contribution >= 4 is 23.2 Å². The fraction of sp³-hybridized carbons (Fsp3) is 0.231. The lowest BCUT2D eigenvalue weighted by Gasteiger charge is -1.98. The summed E-state index contributed by atoms with van der Waals surface area (Å²) in [7, 11) is 1.97. The predicted molar refractivity (Wildman–Crippen MR) is 70.7 cm³/mol. The molecule has 0 spiro atoms. The number of aryl methyl sites for hydroxylation is 1. The lowest BCUT2D eigenvalue weighted by molar-refractivity contribution is 0.152. The number of fused-ring (bicyclic) bond motifs is 1. The fourth-order valence-electron chi connectivity index (χ4n) is 1.79. The third-order valence-electron chi connectivity index (χ3n) is 2.56. The number of carbonyl (C=O) groups is 1.